The van der Waals surface area contributed by atoms with Gasteiger partial charge in [-0.15, -0.1) is 0 Å². The van der Waals surface area contributed by atoms with E-state index in [1.807, 2.05) is 26.8 Å². The van der Waals surface area contributed by atoms with E-state index < -0.39 is 22.0 Å². The van der Waals surface area contributed by atoms with Crippen LogP contribution in [0.4, 0.5) is 5.69 Å². The van der Waals surface area contributed by atoms with Crippen LogP contribution in [0.3, 0.4) is 0 Å². The summed E-state index contributed by atoms with van der Waals surface area (Å²) in [7, 11) is -3.68. The molecule has 172 valence electrons. The van der Waals surface area contributed by atoms with Crippen molar-refractivity contribution in [1.29, 1.82) is 0 Å². The Bertz CT molecular complexity index is 1080. The number of morpholine rings is 1. The third-order valence-electron chi connectivity index (χ3n) is 5.23. The Morgan fingerprint density at radius 1 is 1.03 bits per heavy atom. The maximum absolute atomic E-state index is 12.9. The summed E-state index contributed by atoms with van der Waals surface area (Å²) in [6.07, 6.45) is 0. The molecule has 0 spiro atoms. The molecule has 2 N–H and O–H groups in total. The summed E-state index contributed by atoms with van der Waals surface area (Å²) in [5.41, 5.74) is 1.77. The summed E-state index contributed by atoms with van der Waals surface area (Å²) >= 11 is 0. The van der Waals surface area contributed by atoms with Gasteiger partial charge in [0.25, 0.3) is 5.91 Å². The van der Waals surface area contributed by atoms with E-state index in [0.29, 0.717) is 37.6 Å². The van der Waals surface area contributed by atoms with E-state index in [1.165, 1.54) is 16.4 Å². The number of anilines is 1. The second-order valence-electron chi connectivity index (χ2n) is 8.10. The van der Waals surface area contributed by atoms with E-state index >= 15 is 0 Å². The molecule has 2 aromatic rings. The second kappa shape index (κ2) is 10.2. The smallest absolute Gasteiger partial charge is 0.251 e. The number of carbonyl (C=O) groups is 2. The summed E-state index contributed by atoms with van der Waals surface area (Å²) in [6, 6.07) is 12.5. The third-order valence-corrected chi connectivity index (χ3v) is 7.12. The molecule has 2 aromatic carbocycles. The lowest BCUT2D eigenvalue weighted by atomic mass is 10.0. The number of ether oxygens (including phenoxy) is 1. The van der Waals surface area contributed by atoms with Crippen molar-refractivity contribution in [3.8, 4) is 0 Å². The van der Waals surface area contributed by atoms with E-state index in [9.17, 15) is 18.0 Å². The predicted octanol–water partition coefficient (Wildman–Crippen LogP) is 2.41. The monoisotopic (exact) mass is 459 g/mol. The number of sulfonamides is 1. The molecule has 0 saturated carbocycles. The highest BCUT2D eigenvalue weighted by molar-refractivity contribution is 7.89. The first-order valence-electron chi connectivity index (χ1n) is 10.5. The van der Waals surface area contributed by atoms with Gasteiger partial charge in [0.05, 0.1) is 18.1 Å². The molecule has 0 radical (unpaired) electrons. The van der Waals surface area contributed by atoms with Crippen LogP contribution in [0.2, 0.25) is 0 Å². The van der Waals surface area contributed by atoms with Crippen LogP contribution >= 0.6 is 0 Å². The molecule has 32 heavy (non-hydrogen) atoms. The topological polar surface area (TPSA) is 105 Å². The molecule has 9 heteroatoms. The normalized spacial score (nSPS) is 15.9. The molecule has 1 saturated heterocycles. The first kappa shape index (κ1) is 23.9. The van der Waals surface area contributed by atoms with Crippen LogP contribution in [0, 0.1) is 12.8 Å². The van der Waals surface area contributed by atoms with Crippen LogP contribution in [0.15, 0.2) is 53.4 Å². The minimum atomic E-state index is -3.68. The van der Waals surface area contributed by atoms with Gasteiger partial charge in [-0.05, 0) is 43.2 Å². The molecule has 0 aliphatic carbocycles. The van der Waals surface area contributed by atoms with Gasteiger partial charge < -0.3 is 15.4 Å². The molecule has 1 fully saturated rings. The van der Waals surface area contributed by atoms with Crippen molar-refractivity contribution in [2.45, 2.75) is 31.7 Å². The van der Waals surface area contributed by atoms with Gasteiger partial charge in [-0.2, -0.15) is 4.31 Å². The largest absolute Gasteiger partial charge is 0.379 e. The van der Waals surface area contributed by atoms with Gasteiger partial charge in [0.1, 0.15) is 6.04 Å². The van der Waals surface area contributed by atoms with Crippen LogP contribution in [-0.4, -0.2) is 56.9 Å². The number of hydrogen-bond donors (Lipinski definition) is 2. The minimum absolute atomic E-state index is 0.0992. The lowest BCUT2D eigenvalue weighted by Gasteiger charge is -2.26. The summed E-state index contributed by atoms with van der Waals surface area (Å²) in [6.45, 7) is 6.85. The molecule has 1 atom stereocenters. The van der Waals surface area contributed by atoms with Gasteiger partial charge in [0, 0.05) is 24.3 Å². The maximum Gasteiger partial charge on any atom is 0.251 e. The van der Waals surface area contributed by atoms with Crippen molar-refractivity contribution in [2.24, 2.45) is 5.92 Å². The predicted molar refractivity (Wildman–Crippen MR) is 122 cm³/mol. The molecule has 0 bridgehead atoms. The number of nitrogens with zero attached hydrogens (tertiary/aromatic N) is 1. The Hall–Kier alpha value is -2.75. The Morgan fingerprint density at radius 2 is 1.72 bits per heavy atom. The molecular formula is C23H29N3O5S. The van der Waals surface area contributed by atoms with E-state index in [4.69, 9.17) is 4.74 Å². The van der Waals surface area contributed by atoms with E-state index in [-0.39, 0.29) is 16.7 Å². The van der Waals surface area contributed by atoms with Crippen molar-refractivity contribution in [2.75, 3.05) is 31.6 Å². The maximum atomic E-state index is 12.9. The number of nitrogens with one attached hydrogen (secondary N) is 2. The highest BCUT2D eigenvalue weighted by Crippen LogP contribution is 2.21. The molecule has 1 aliphatic rings. The van der Waals surface area contributed by atoms with Crippen LogP contribution in [-0.2, 0) is 19.6 Å². The van der Waals surface area contributed by atoms with Crippen molar-refractivity contribution in [3.63, 3.8) is 0 Å². The fourth-order valence-corrected chi connectivity index (χ4v) is 4.89. The van der Waals surface area contributed by atoms with Gasteiger partial charge in [0.15, 0.2) is 0 Å². The zero-order chi connectivity index (χ0) is 23.3. The summed E-state index contributed by atoms with van der Waals surface area (Å²) < 4.78 is 32.4. The highest BCUT2D eigenvalue weighted by atomic mass is 32.2. The third kappa shape index (κ3) is 5.73. The summed E-state index contributed by atoms with van der Waals surface area (Å²) in [5, 5.41) is 5.53. The first-order chi connectivity index (χ1) is 15.2. The van der Waals surface area contributed by atoms with Crippen molar-refractivity contribution >= 4 is 27.5 Å². The molecule has 2 amide bonds. The number of hydrogen-bond acceptors (Lipinski definition) is 5. The SMILES string of the molecule is Cc1cccc(C(=O)NC(C(=O)Nc2cccc(S(=O)(=O)N3CCOCC3)c2)C(C)C)c1. The minimum Gasteiger partial charge on any atom is -0.379 e. The number of amides is 2. The standard InChI is InChI=1S/C23H29N3O5S/c1-16(2)21(25-22(27)18-7-4-6-17(3)14-18)23(28)24-19-8-5-9-20(15-19)32(29,30)26-10-12-31-13-11-26/h4-9,14-16,21H,10-13H2,1-3H3,(H,24,28)(H,25,27). The lowest BCUT2D eigenvalue weighted by Crippen LogP contribution is -2.47. The lowest BCUT2D eigenvalue weighted by molar-refractivity contribution is -0.118. The fourth-order valence-electron chi connectivity index (χ4n) is 3.44. The zero-order valence-corrected chi connectivity index (χ0v) is 19.3. The molecular weight excluding hydrogens is 430 g/mol. The second-order valence-corrected chi connectivity index (χ2v) is 10.0. The molecule has 8 nitrogen and oxygen atoms in total. The first-order valence-corrected chi connectivity index (χ1v) is 12.0. The van der Waals surface area contributed by atoms with Crippen molar-refractivity contribution in [1.82, 2.24) is 9.62 Å². The Labute approximate surface area is 189 Å². The van der Waals surface area contributed by atoms with Gasteiger partial charge in [-0.25, -0.2) is 8.42 Å². The average molecular weight is 460 g/mol. The number of carbonyl (C=O) groups excluding carboxylic acids is 2. The van der Waals surface area contributed by atoms with Crippen molar-refractivity contribution < 1.29 is 22.7 Å². The summed E-state index contributed by atoms with van der Waals surface area (Å²) in [4.78, 5) is 25.7. The molecule has 3 rings (SSSR count). The van der Waals surface area contributed by atoms with Crippen LogP contribution in [0.1, 0.15) is 29.8 Å². The van der Waals surface area contributed by atoms with Gasteiger partial charge in [-0.3, -0.25) is 9.59 Å². The van der Waals surface area contributed by atoms with E-state index in [2.05, 4.69) is 10.6 Å². The zero-order valence-electron chi connectivity index (χ0n) is 18.5. The van der Waals surface area contributed by atoms with Crippen LogP contribution in [0.25, 0.3) is 0 Å². The number of rotatable bonds is 7. The Balaban J connectivity index is 1.74. The highest BCUT2D eigenvalue weighted by Gasteiger charge is 2.28. The van der Waals surface area contributed by atoms with Crippen LogP contribution in [0.5, 0.6) is 0 Å². The van der Waals surface area contributed by atoms with Gasteiger partial charge in [-0.1, -0.05) is 37.6 Å². The number of aryl methyl sites for hydroxylation is 1. The summed E-state index contributed by atoms with van der Waals surface area (Å²) in [5.74, 6) is -0.933. The molecule has 1 aliphatic heterocycles. The Kier molecular flexibility index (Phi) is 7.65. The quantitative estimate of drug-likeness (QED) is 0.662. The molecule has 1 unspecified atom stereocenters. The van der Waals surface area contributed by atoms with Gasteiger partial charge in [0.2, 0.25) is 15.9 Å². The fraction of sp³-hybridized carbons (Fsp3) is 0.391. The van der Waals surface area contributed by atoms with Gasteiger partial charge >= 0.3 is 0 Å². The van der Waals surface area contributed by atoms with E-state index in [0.717, 1.165) is 5.56 Å². The van der Waals surface area contributed by atoms with Crippen molar-refractivity contribution in [3.05, 3.63) is 59.7 Å². The molecule has 1 heterocycles. The molecule has 0 aromatic heterocycles. The Morgan fingerprint density at radius 3 is 2.38 bits per heavy atom. The number of benzene rings is 2. The van der Waals surface area contributed by atoms with Crippen LogP contribution < -0.4 is 10.6 Å². The van der Waals surface area contributed by atoms with E-state index in [1.54, 1.807) is 30.3 Å². The average Bonchev–Trinajstić information content (AvgIpc) is 2.77.